The Labute approximate surface area is 172 Å². The van der Waals surface area contributed by atoms with Gasteiger partial charge in [-0.05, 0) is 44.9 Å². The zero-order valence-corrected chi connectivity index (χ0v) is 18.6. The molecule has 0 atom stereocenters. The van der Waals surface area contributed by atoms with E-state index in [0.29, 0.717) is 18.9 Å². The maximum Gasteiger partial charge on any atom is 0.407 e. The van der Waals surface area contributed by atoms with Gasteiger partial charge in [-0.1, -0.05) is 38.1 Å². The number of nitrogens with zero attached hydrogens (tertiary/aromatic N) is 2. The molecule has 1 heterocycles. The molecule has 2 aromatic rings. The number of amides is 1. The maximum atomic E-state index is 12.6. The largest absolute Gasteiger partial charge is 0.444 e. The Kier molecular flexibility index (Phi) is 6.72. The molecule has 1 aromatic heterocycles. The molecule has 0 spiro atoms. The van der Waals surface area contributed by atoms with Crippen LogP contribution < -0.4 is 5.32 Å². The predicted octanol–water partition coefficient (Wildman–Crippen LogP) is 3.41. The third-order valence-electron chi connectivity index (χ3n) is 3.79. The topological polar surface area (TPSA) is 111 Å². The van der Waals surface area contributed by atoms with E-state index in [1.807, 2.05) is 20.8 Å². The summed E-state index contributed by atoms with van der Waals surface area (Å²) in [5, 5.41) is 6.45. The number of carbonyl (C=O) groups is 1. The summed E-state index contributed by atoms with van der Waals surface area (Å²) in [7, 11) is -3.59. The van der Waals surface area contributed by atoms with E-state index in [-0.39, 0.29) is 21.9 Å². The lowest BCUT2D eigenvalue weighted by atomic mass is 9.97. The lowest BCUT2D eigenvalue weighted by Gasteiger charge is -2.19. The highest BCUT2D eigenvalue weighted by Gasteiger charge is 2.25. The van der Waals surface area contributed by atoms with Crippen LogP contribution in [0, 0.1) is 0 Å². The van der Waals surface area contributed by atoms with Crippen molar-refractivity contribution in [1.82, 2.24) is 15.5 Å². The van der Waals surface area contributed by atoms with Crippen molar-refractivity contribution in [1.29, 1.82) is 0 Å². The maximum absolute atomic E-state index is 12.6. The monoisotopic (exact) mass is 423 g/mol. The summed E-state index contributed by atoms with van der Waals surface area (Å²) in [5.41, 5.74) is 0.00534. The zero-order chi connectivity index (χ0) is 21.9. The van der Waals surface area contributed by atoms with Crippen molar-refractivity contribution in [3.63, 3.8) is 0 Å². The number of benzene rings is 1. The van der Waals surface area contributed by atoms with Crippen LogP contribution in [0.5, 0.6) is 0 Å². The first-order valence-corrected chi connectivity index (χ1v) is 11.0. The third kappa shape index (κ3) is 7.16. The number of sulfone groups is 1. The lowest BCUT2D eigenvalue weighted by Crippen LogP contribution is -2.33. The van der Waals surface area contributed by atoms with Crippen LogP contribution in [0.4, 0.5) is 4.79 Å². The standard InChI is InChI=1S/C20H29N3O5S/c1-19(2,3)17-22-16(23-28-17)13-29(25,26)15-9-7-14(8-10-15)11-12-21-18(24)27-20(4,5)6/h7-10H,11-13H2,1-6H3,(H,21,24). The van der Waals surface area contributed by atoms with Gasteiger partial charge in [0.1, 0.15) is 11.4 Å². The molecule has 0 bridgehead atoms. The molecule has 0 radical (unpaired) electrons. The van der Waals surface area contributed by atoms with E-state index in [4.69, 9.17) is 9.26 Å². The third-order valence-corrected chi connectivity index (χ3v) is 5.42. The quantitative estimate of drug-likeness (QED) is 0.758. The Balaban J connectivity index is 1.94. The molecular weight excluding hydrogens is 394 g/mol. The van der Waals surface area contributed by atoms with Crippen LogP contribution in [0.15, 0.2) is 33.7 Å². The van der Waals surface area contributed by atoms with Gasteiger partial charge < -0.3 is 14.6 Å². The van der Waals surface area contributed by atoms with Crippen LogP contribution in [-0.4, -0.2) is 36.8 Å². The summed E-state index contributed by atoms with van der Waals surface area (Å²) < 4.78 is 35.5. The van der Waals surface area contributed by atoms with Crippen LogP contribution in [0.25, 0.3) is 0 Å². The van der Waals surface area contributed by atoms with Crippen LogP contribution >= 0.6 is 0 Å². The Morgan fingerprint density at radius 1 is 1.10 bits per heavy atom. The lowest BCUT2D eigenvalue weighted by molar-refractivity contribution is 0.0528. The van der Waals surface area contributed by atoms with Crippen LogP contribution in [-0.2, 0) is 32.2 Å². The van der Waals surface area contributed by atoms with E-state index >= 15 is 0 Å². The van der Waals surface area contributed by atoms with E-state index in [1.165, 1.54) is 0 Å². The number of hydrogen-bond acceptors (Lipinski definition) is 7. The summed E-state index contributed by atoms with van der Waals surface area (Å²) in [6.45, 7) is 11.5. The molecule has 0 aliphatic heterocycles. The molecule has 9 heteroatoms. The van der Waals surface area contributed by atoms with Gasteiger partial charge in [0.2, 0.25) is 5.89 Å². The molecule has 1 aromatic carbocycles. The van der Waals surface area contributed by atoms with Crippen molar-refractivity contribution >= 4 is 15.9 Å². The highest BCUT2D eigenvalue weighted by molar-refractivity contribution is 7.90. The van der Waals surface area contributed by atoms with Gasteiger partial charge in [-0.15, -0.1) is 0 Å². The summed E-state index contributed by atoms with van der Waals surface area (Å²) >= 11 is 0. The number of carbonyl (C=O) groups excluding carboxylic acids is 1. The molecule has 1 N–H and O–H groups in total. The molecule has 0 unspecified atom stereocenters. The minimum absolute atomic E-state index is 0.139. The van der Waals surface area contributed by atoms with Gasteiger partial charge >= 0.3 is 6.09 Å². The number of alkyl carbamates (subject to hydrolysis) is 1. The first-order valence-electron chi connectivity index (χ1n) is 9.38. The van der Waals surface area contributed by atoms with Crippen molar-refractivity contribution < 1.29 is 22.5 Å². The predicted molar refractivity (Wildman–Crippen MR) is 108 cm³/mol. The second kappa shape index (κ2) is 8.52. The minimum Gasteiger partial charge on any atom is -0.444 e. The SMILES string of the molecule is CC(C)(C)OC(=O)NCCc1ccc(S(=O)(=O)Cc2noc(C(C)(C)C)n2)cc1. The number of hydrogen-bond donors (Lipinski definition) is 1. The van der Waals surface area contributed by atoms with Crippen molar-refractivity contribution in [2.24, 2.45) is 0 Å². The molecule has 0 saturated heterocycles. The fraction of sp³-hybridized carbons (Fsp3) is 0.550. The Morgan fingerprint density at radius 3 is 2.24 bits per heavy atom. The van der Waals surface area contributed by atoms with E-state index in [1.54, 1.807) is 45.0 Å². The van der Waals surface area contributed by atoms with Gasteiger partial charge in [0.05, 0.1) is 4.90 Å². The minimum atomic E-state index is -3.59. The molecule has 0 fully saturated rings. The molecular formula is C20H29N3O5S. The van der Waals surface area contributed by atoms with E-state index in [0.717, 1.165) is 5.56 Å². The van der Waals surface area contributed by atoms with Gasteiger partial charge in [-0.2, -0.15) is 4.98 Å². The van der Waals surface area contributed by atoms with Gasteiger partial charge in [-0.3, -0.25) is 0 Å². The fourth-order valence-electron chi connectivity index (χ4n) is 2.36. The van der Waals surface area contributed by atoms with Crippen molar-refractivity contribution in [3.8, 4) is 0 Å². The Hall–Kier alpha value is -2.42. The van der Waals surface area contributed by atoms with Crippen LogP contribution in [0.1, 0.15) is 58.8 Å². The normalized spacial score (nSPS) is 12.6. The second-order valence-electron chi connectivity index (χ2n) is 8.85. The molecule has 1 amide bonds. The summed E-state index contributed by atoms with van der Waals surface area (Å²) in [6.07, 6.45) is 0.0748. The molecule has 2 rings (SSSR count). The molecule has 29 heavy (non-hydrogen) atoms. The van der Waals surface area contributed by atoms with Crippen molar-refractivity contribution in [2.75, 3.05) is 6.54 Å². The molecule has 0 aliphatic rings. The van der Waals surface area contributed by atoms with Crippen molar-refractivity contribution in [3.05, 3.63) is 41.5 Å². The number of rotatable bonds is 6. The van der Waals surface area contributed by atoms with Gasteiger partial charge in [0.15, 0.2) is 15.7 Å². The molecule has 8 nitrogen and oxygen atoms in total. The van der Waals surface area contributed by atoms with E-state index < -0.39 is 21.5 Å². The average molecular weight is 424 g/mol. The number of ether oxygens (including phenoxy) is 1. The second-order valence-corrected chi connectivity index (χ2v) is 10.8. The highest BCUT2D eigenvalue weighted by atomic mass is 32.2. The number of aromatic nitrogens is 2. The first-order chi connectivity index (χ1) is 13.3. The summed E-state index contributed by atoms with van der Waals surface area (Å²) in [4.78, 5) is 16.0. The zero-order valence-electron chi connectivity index (χ0n) is 17.8. The average Bonchev–Trinajstić information content (AvgIpc) is 3.01. The highest BCUT2D eigenvalue weighted by Crippen LogP contribution is 2.22. The van der Waals surface area contributed by atoms with E-state index in [9.17, 15) is 13.2 Å². The first kappa shape index (κ1) is 22.9. The number of nitrogens with one attached hydrogen (secondary N) is 1. The van der Waals surface area contributed by atoms with Gasteiger partial charge in [0, 0.05) is 12.0 Å². The fourth-order valence-corrected chi connectivity index (χ4v) is 3.53. The van der Waals surface area contributed by atoms with Crippen LogP contribution in [0.3, 0.4) is 0 Å². The smallest absolute Gasteiger partial charge is 0.407 e. The Bertz CT molecular complexity index is 936. The van der Waals surface area contributed by atoms with Crippen molar-refractivity contribution in [2.45, 2.75) is 69.6 Å². The Morgan fingerprint density at radius 2 is 1.72 bits per heavy atom. The van der Waals surface area contributed by atoms with E-state index in [2.05, 4.69) is 15.5 Å². The molecule has 0 aliphatic carbocycles. The van der Waals surface area contributed by atoms with Crippen LogP contribution in [0.2, 0.25) is 0 Å². The van der Waals surface area contributed by atoms with Gasteiger partial charge in [-0.25, -0.2) is 13.2 Å². The van der Waals surface area contributed by atoms with Gasteiger partial charge in [0.25, 0.3) is 0 Å². The summed E-state index contributed by atoms with van der Waals surface area (Å²) in [6, 6.07) is 6.53. The molecule has 160 valence electrons. The summed E-state index contributed by atoms with van der Waals surface area (Å²) in [5.74, 6) is 0.211. The molecule has 0 saturated carbocycles.